The summed E-state index contributed by atoms with van der Waals surface area (Å²) >= 11 is 0. The largest absolute Gasteiger partial charge is 0.364 e. The lowest BCUT2D eigenvalue weighted by molar-refractivity contribution is -0.126. The van der Waals surface area contributed by atoms with Gasteiger partial charge in [-0.05, 0) is 37.8 Å². The zero-order valence-corrected chi connectivity index (χ0v) is 13.8. The van der Waals surface area contributed by atoms with Crippen molar-refractivity contribution in [2.75, 3.05) is 11.9 Å². The van der Waals surface area contributed by atoms with Gasteiger partial charge in [-0.3, -0.25) is 10.1 Å². The van der Waals surface area contributed by atoms with Crippen molar-refractivity contribution in [3.8, 4) is 0 Å². The van der Waals surface area contributed by atoms with Crippen LogP contribution in [0.25, 0.3) is 11.0 Å². The number of ether oxygens (including phenoxy) is 1. The first-order valence-corrected chi connectivity index (χ1v) is 8.89. The molecule has 4 rings (SSSR count). The van der Waals surface area contributed by atoms with Crippen molar-refractivity contribution in [3.05, 3.63) is 24.3 Å². The molecule has 2 fully saturated rings. The Morgan fingerprint density at radius 2 is 2.04 bits per heavy atom. The van der Waals surface area contributed by atoms with Crippen LogP contribution in [-0.4, -0.2) is 34.2 Å². The molecule has 3 N–H and O–H groups in total. The number of rotatable bonds is 4. The van der Waals surface area contributed by atoms with E-state index in [2.05, 4.69) is 20.9 Å². The van der Waals surface area contributed by atoms with Gasteiger partial charge in [0.2, 0.25) is 5.95 Å². The van der Waals surface area contributed by atoms with Crippen LogP contribution in [0, 0.1) is 0 Å². The Bertz CT molecular complexity index is 736. The fraction of sp³-hybridized carbons (Fsp3) is 0.556. The number of carbonyl (C=O) groups is 1. The second kappa shape index (κ2) is 6.53. The zero-order chi connectivity index (χ0) is 16.5. The third-order valence-electron chi connectivity index (χ3n) is 5.18. The van der Waals surface area contributed by atoms with Gasteiger partial charge in [-0.2, -0.15) is 0 Å². The Hall–Kier alpha value is -1.92. The fourth-order valence-corrected chi connectivity index (χ4v) is 3.93. The first kappa shape index (κ1) is 15.6. The molecule has 1 saturated carbocycles. The van der Waals surface area contributed by atoms with E-state index in [0.717, 1.165) is 36.7 Å². The summed E-state index contributed by atoms with van der Waals surface area (Å²) in [5.41, 5.74) is 7.65. The molecule has 2 aliphatic rings. The van der Waals surface area contributed by atoms with E-state index in [1.54, 1.807) is 0 Å². The topological polar surface area (TPSA) is 82.2 Å². The average molecular weight is 328 g/mol. The van der Waals surface area contributed by atoms with Crippen LogP contribution in [-0.2, 0) is 9.53 Å². The predicted octanol–water partition coefficient (Wildman–Crippen LogP) is 2.60. The van der Waals surface area contributed by atoms with Crippen LogP contribution in [0.2, 0.25) is 0 Å². The number of nitrogens with two attached hydrogens (primary N) is 1. The second-order valence-corrected chi connectivity index (χ2v) is 6.78. The minimum Gasteiger partial charge on any atom is -0.364 e. The number of anilines is 1. The molecule has 24 heavy (non-hydrogen) atoms. The number of benzene rings is 1. The molecule has 2 atom stereocenters. The van der Waals surface area contributed by atoms with Gasteiger partial charge >= 0.3 is 0 Å². The van der Waals surface area contributed by atoms with Crippen LogP contribution in [0.1, 0.15) is 44.6 Å². The molecule has 1 aromatic heterocycles. The summed E-state index contributed by atoms with van der Waals surface area (Å²) in [6, 6.07) is 8.48. The lowest BCUT2D eigenvalue weighted by atomic mass is 10.2. The summed E-state index contributed by atoms with van der Waals surface area (Å²) in [4.78, 5) is 17.2. The number of nitrogens with one attached hydrogen (secondary N) is 1. The maximum absolute atomic E-state index is 12.6. The van der Waals surface area contributed by atoms with Crippen LogP contribution >= 0.6 is 0 Å². The van der Waals surface area contributed by atoms with Crippen molar-refractivity contribution in [1.29, 1.82) is 0 Å². The molecule has 128 valence electrons. The predicted molar refractivity (Wildman–Crippen MR) is 92.8 cm³/mol. The monoisotopic (exact) mass is 328 g/mol. The van der Waals surface area contributed by atoms with Gasteiger partial charge < -0.3 is 15.0 Å². The van der Waals surface area contributed by atoms with Crippen LogP contribution in [0.3, 0.4) is 0 Å². The van der Waals surface area contributed by atoms with E-state index in [1.807, 2.05) is 18.2 Å². The number of aromatic nitrogens is 2. The van der Waals surface area contributed by atoms with Crippen LogP contribution in [0.15, 0.2) is 24.3 Å². The van der Waals surface area contributed by atoms with Crippen molar-refractivity contribution in [2.45, 2.75) is 56.8 Å². The molecule has 6 heteroatoms. The van der Waals surface area contributed by atoms with E-state index in [0.29, 0.717) is 18.5 Å². The molecule has 1 aliphatic heterocycles. The quantitative estimate of drug-likeness (QED) is 0.904. The molecule has 1 aromatic carbocycles. The molecule has 0 bridgehead atoms. The summed E-state index contributed by atoms with van der Waals surface area (Å²) in [5, 5.41) is 3.01. The summed E-state index contributed by atoms with van der Waals surface area (Å²) < 4.78 is 7.91. The molecule has 1 aliphatic carbocycles. The van der Waals surface area contributed by atoms with Crippen molar-refractivity contribution in [2.24, 2.45) is 5.73 Å². The SMILES string of the molecule is NC[C@H]1CC[C@@H](C(=O)Nc2nc3ccccc3n2C2CCCC2)O1. The molecule has 1 saturated heterocycles. The molecular weight excluding hydrogens is 304 g/mol. The van der Waals surface area contributed by atoms with Gasteiger partial charge in [-0.15, -0.1) is 0 Å². The Morgan fingerprint density at radius 3 is 2.79 bits per heavy atom. The molecule has 2 aromatic rings. The van der Waals surface area contributed by atoms with Gasteiger partial charge in [0.1, 0.15) is 6.10 Å². The Morgan fingerprint density at radius 1 is 1.25 bits per heavy atom. The molecule has 0 unspecified atom stereocenters. The molecule has 6 nitrogen and oxygen atoms in total. The van der Waals surface area contributed by atoms with E-state index in [1.165, 1.54) is 12.8 Å². The highest BCUT2D eigenvalue weighted by Crippen LogP contribution is 2.35. The molecule has 0 spiro atoms. The van der Waals surface area contributed by atoms with Gasteiger partial charge in [0, 0.05) is 12.6 Å². The average Bonchev–Trinajstić information content (AvgIpc) is 3.33. The van der Waals surface area contributed by atoms with E-state index in [9.17, 15) is 4.79 Å². The fourth-order valence-electron chi connectivity index (χ4n) is 3.93. The third kappa shape index (κ3) is 2.80. The Kier molecular flexibility index (Phi) is 4.24. The maximum atomic E-state index is 12.6. The number of imidazole rings is 1. The number of carbonyl (C=O) groups excluding carboxylic acids is 1. The van der Waals surface area contributed by atoms with Gasteiger partial charge in [-0.25, -0.2) is 4.98 Å². The van der Waals surface area contributed by atoms with E-state index < -0.39 is 6.10 Å². The lowest BCUT2D eigenvalue weighted by Gasteiger charge is -2.18. The van der Waals surface area contributed by atoms with Crippen molar-refractivity contribution in [3.63, 3.8) is 0 Å². The smallest absolute Gasteiger partial charge is 0.255 e. The van der Waals surface area contributed by atoms with E-state index in [4.69, 9.17) is 10.5 Å². The number of nitrogens with zero attached hydrogens (tertiary/aromatic N) is 2. The van der Waals surface area contributed by atoms with Crippen LogP contribution in [0.5, 0.6) is 0 Å². The normalized spacial score (nSPS) is 24.7. The van der Waals surface area contributed by atoms with Gasteiger partial charge in [0.05, 0.1) is 17.1 Å². The second-order valence-electron chi connectivity index (χ2n) is 6.78. The Balaban J connectivity index is 1.61. The summed E-state index contributed by atoms with van der Waals surface area (Å²) in [7, 11) is 0. The standard InChI is InChI=1S/C18H24N4O2/c19-11-13-9-10-16(24-13)17(23)21-18-20-14-7-3-4-8-15(14)22(18)12-5-1-2-6-12/h3-4,7-8,12-13,16H,1-2,5-6,9-11,19H2,(H,20,21,23)/t13-,16+/m1/s1. The molecular formula is C18H24N4O2. The summed E-state index contributed by atoms with van der Waals surface area (Å²) in [6.45, 7) is 0.463. The van der Waals surface area contributed by atoms with Gasteiger partial charge in [0.25, 0.3) is 5.91 Å². The molecule has 0 radical (unpaired) electrons. The van der Waals surface area contributed by atoms with E-state index in [-0.39, 0.29) is 12.0 Å². The number of hydrogen-bond donors (Lipinski definition) is 2. The lowest BCUT2D eigenvalue weighted by Crippen LogP contribution is -2.31. The van der Waals surface area contributed by atoms with Gasteiger partial charge in [0.15, 0.2) is 0 Å². The highest BCUT2D eigenvalue weighted by molar-refractivity contribution is 5.94. The first-order valence-electron chi connectivity index (χ1n) is 8.89. The highest BCUT2D eigenvalue weighted by Gasteiger charge is 2.31. The zero-order valence-electron chi connectivity index (χ0n) is 13.8. The number of hydrogen-bond acceptors (Lipinski definition) is 4. The maximum Gasteiger partial charge on any atom is 0.255 e. The number of para-hydroxylation sites is 2. The minimum atomic E-state index is -0.421. The number of amides is 1. The van der Waals surface area contributed by atoms with E-state index >= 15 is 0 Å². The molecule has 2 heterocycles. The molecule has 1 amide bonds. The highest BCUT2D eigenvalue weighted by atomic mass is 16.5. The van der Waals surface area contributed by atoms with Crippen molar-refractivity contribution in [1.82, 2.24) is 9.55 Å². The van der Waals surface area contributed by atoms with Crippen molar-refractivity contribution >= 4 is 22.9 Å². The van der Waals surface area contributed by atoms with Crippen LogP contribution in [0.4, 0.5) is 5.95 Å². The van der Waals surface area contributed by atoms with Gasteiger partial charge in [-0.1, -0.05) is 25.0 Å². The van der Waals surface area contributed by atoms with Crippen LogP contribution < -0.4 is 11.1 Å². The Labute approximate surface area is 141 Å². The minimum absolute atomic E-state index is 0.00519. The summed E-state index contributed by atoms with van der Waals surface area (Å²) in [5.74, 6) is 0.536. The first-order chi connectivity index (χ1) is 11.8. The summed E-state index contributed by atoms with van der Waals surface area (Å²) in [6.07, 6.45) is 5.87. The van der Waals surface area contributed by atoms with Crippen molar-refractivity contribution < 1.29 is 9.53 Å². The number of fused-ring (bicyclic) bond motifs is 1. The third-order valence-corrected chi connectivity index (χ3v) is 5.18.